The van der Waals surface area contributed by atoms with Crippen LogP contribution in [0.15, 0.2) is 27.3 Å². The Balaban J connectivity index is 1.58. The molecule has 0 aromatic carbocycles. The number of Topliss-reactive ketones (excluding diaryl/α,β-unsaturated/α-hetero) is 1. The predicted octanol–water partition coefficient (Wildman–Crippen LogP) is 5.07. The van der Waals surface area contributed by atoms with Crippen LogP contribution >= 0.6 is 23.5 Å². The molecule has 1 atom stereocenters. The molecule has 0 spiro atoms. The topological polar surface area (TPSA) is 183 Å². The largest absolute Gasteiger partial charge is 0.519 e. The molecule has 15 heteroatoms. The van der Waals surface area contributed by atoms with Crippen molar-refractivity contribution in [1.29, 1.82) is 0 Å². The molecular weight excluding hydrogens is 584 g/mol. The standard InChI is InChI=1S/C26H32O13S2/c1-14-18(38-22(29)35-14)11-33-24(31)40-13-16(21(28)37-17-8-6-5-7-9-17)10-20(27)26(3,4)41-25(32)34-12-19-15(2)36-23(30)39-19/h16-17H,5-13H2,1-4H3/t16-/m0/s1. The third kappa shape index (κ3) is 9.99. The molecule has 0 saturated heterocycles. The lowest BCUT2D eigenvalue weighted by Crippen LogP contribution is -2.35. The van der Waals surface area contributed by atoms with Gasteiger partial charge in [0.05, 0.1) is 10.7 Å². The number of rotatable bonds is 12. The van der Waals surface area contributed by atoms with Crippen molar-refractivity contribution in [2.45, 2.75) is 90.3 Å². The fraction of sp³-hybridized carbons (Fsp3) is 0.615. The molecule has 1 saturated carbocycles. The van der Waals surface area contributed by atoms with Gasteiger partial charge >= 0.3 is 28.2 Å². The van der Waals surface area contributed by atoms with Gasteiger partial charge in [-0.3, -0.25) is 9.59 Å². The van der Waals surface area contributed by atoms with E-state index in [0.29, 0.717) is 23.5 Å². The number of ether oxygens (including phenoxy) is 3. The number of hydrogen-bond donors (Lipinski definition) is 0. The van der Waals surface area contributed by atoms with Crippen LogP contribution in [0.25, 0.3) is 0 Å². The van der Waals surface area contributed by atoms with E-state index in [2.05, 4.69) is 0 Å². The molecule has 0 unspecified atom stereocenters. The van der Waals surface area contributed by atoms with E-state index in [1.807, 2.05) is 0 Å². The molecular formula is C26H32O13S2. The average Bonchev–Trinajstić information content (AvgIpc) is 3.41. The molecule has 0 radical (unpaired) electrons. The van der Waals surface area contributed by atoms with Crippen LogP contribution in [0.2, 0.25) is 0 Å². The van der Waals surface area contributed by atoms with Gasteiger partial charge in [-0.25, -0.2) is 19.2 Å². The van der Waals surface area contributed by atoms with Crippen molar-refractivity contribution in [2.75, 3.05) is 5.75 Å². The molecule has 2 aromatic heterocycles. The molecule has 226 valence electrons. The Morgan fingerprint density at radius 2 is 1.39 bits per heavy atom. The second-order valence-electron chi connectivity index (χ2n) is 9.89. The normalized spacial score (nSPS) is 14.8. The van der Waals surface area contributed by atoms with Gasteiger partial charge in [0, 0.05) is 12.2 Å². The maximum atomic E-state index is 13.2. The quantitative estimate of drug-likeness (QED) is 0.227. The summed E-state index contributed by atoms with van der Waals surface area (Å²) in [5.41, 5.74) is 0. The summed E-state index contributed by atoms with van der Waals surface area (Å²) in [6.07, 6.45) is 3.80. The van der Waals surface area contributed by atoms with Gasteiger partial charge in [-0.2, -0.15) is 0 Å². The smallest absolute Gasteiger partial charge is 0.462 e. The first-order valence-corrected chi connectivity index (χ1v) is 14.7. The Morgan fingerprint density at radius 3 is 1.90 bits per heavy atom. The van der Waals surface area contributed by atoms with Crippen molar-refractivity contribution in [3.63, 3.8) is 0 Å². The van der Waals surface area contributed by atoms with Gasteiger partial charge in [-0.05, 0) is 76.9 Å². The van der Waals surface area contributed by atoms with Crippen molar-refractivity contribution in [3.8, 4) is 0 Å². The molecule has 1 aliphatic rings. The minimum absolute atomic E-state index is 0.0487. The SMILES string of the molecule is Cc1oc(=O)oc1COC(=O)SC[C@H](CC(=O)C(C)(C)SC(=O)OCc1oc(=O)oc1C)C(=O)OC1CCCCC1. The third-order valence-electron chi connectivity index (χ3n) is 6.33. The lowest BCUT2D eigenvalue weighted by molar-refractivity contribution is -0.156. The maximum absolute atomic E-state index is 13.2. The Morgan fingerprint density at radius 1 is 0.854 bits per heavy atom. The van der Waals surface area contributed by atoms with Gasteiger partial charge in [0.15, 0.2) is 36.3 Å². The molecule has 2 heterocycles. The first kappa shape index (κ1) is 32.3. The first-order chi connectivity index (χ1) is 19.3. The van der Waals surface area contributed by atoms with Gasteiger partial charge < -0.3 is 31.9 Å². The number of aryl methyl sites for hydroxylation is 2. The summed E-state index contributed by atoms with van der Waals surface area (Å²) in [6.45, 7) is 5.28. The van der Waals surface area contributed by atoms with Crippen LogP contribution in [0, 0.1) is 19.8 Å². The Labute approximate surface area is 243 Å². The van der Waals surface area contributed by atoms with Crippen molar-refractivity contribution in [1.82, 2.24) is 0 Å². The Hall–Kier alpha value is -3.20. The lowest BCUT2D eigenvalue weighted by Gasteiger charge is -2.26. The molecule has 3 rings (SSSR count). The van der Waals surface area contributed by atoms with Crippen molar-refractivity contribution in [3.05, 3.63) is 44.3 Å². The fourth-order valence-corrected chi connectivity index (χ4v) is 5.36. The molecule has 0 N–H and O–H groups in total. The fourth-order valence-electron chi connectivity index (χ4n) is 3.89. The van der Waals surface area contributed by atoms with Gasteiger partial charge in [-0.15, -0.1) is 0 Å². The van der Waals surface area contributed by atoms with Crippen LogP contribution in [-0.4, -0.2) is 39.0 Å². The number of carbonyl (C=O) groups is 4. The second-order valence-corrected chi connectivity index (χ2v) is 12.4. The second kappa shape index (κ2) is 14.6. The summed E-state index contributed by atoms with van der Waals surface area (Å²) in [5, 5.41) is -1.55. The summed E-state index contributed by atoms with van der Waals surface area (Å²) in [4.78, 5) is 73.4. The van der Waals surface area contributed by atoms with Crippen molar-refractivity contribution in [2.24, 2.45) is 5.92 Å². The number of thioether (sulfide) groups is 2. The minimum Gasteiger partial charge on any atom is -0.462 e. The lowest BCUT2D eigenvalue weighted by atomic mass is 9.95. The highest BCUT2D eigenvalue weighted by molar-refractivity contribution is 8.15. The van der Waals surface area contributed by atoms with Crippen LogP contribution < -0.4 is 11.6 Å². The van der Waals surface area contributed by atoms with Crippen LogP contribution in [0.3, 0.4) is 0 Å². The highest BCUT2D eigenvalue weighted by Gasteiger charge is 2.37. The zero-order valence-electron chi connectivity index (χ0n) is 23.1. The molecule has 41 heavy (non-hydrogen) atoms. The molecule has 2 aromatic rings. The number of hydrogen-bond acceptors (Lipinski definition) is 15. The number of esters is 1. The van der Waals surface area contributed by atoms with Gasteiger partial charge in [-0.1, -0.05) is 6.42 Å². The zero-order valence-corrected chi connectivity index (χ0v) is 24.8. The van der Waals surface area contributed by atoms with E-state index in [1.165, 1.54) is 27.7 Å². The number of carbonyl (C=O) groups excluding carboxylic acids is 4. The zero-order chi connectivity index (χ0) is 30.2. The third-order valence-corrected chi connectivity index (χ3v) is 8.27. The Bertz CT molecular complexity index is 1340. The van der Waals surface area contributed by atoms with Crippen LogP contribution in [-0.2, 0) is 37.0 Å². The predicted molar refractivity (Wildman–Crippen MR) is 145 cm³/mol. The monoisotopic (exact) mass is 616 g/mol. The number of ketones is 1. The summed E-state index contributed by atoms with van der Waals surface area (Å²) < 4.78 is 33.6. The first-order valence-electron chi connectivity index (χ1n) is 12.9. The van der Waals surface area contributed by atoms with Crippen LogP contribution in [0.1, 0.15) is 75.4 Å². The van der Waals surface area contributed by atoms with Crippen LogP contribution in [0.5, 0.6) is 0 Å². The molecule has 0 amide bonds. The van der Waals surface area contributed by atoms with Gasteiger partial charge in [0.1, 0.15) is 11.9 Å². The van der Waals surface area contributed by atoms with E-state index in [0.717, 1.165) is 32.1 Å². The van der Waals surface area contributed by atoms with E-state index in [4.69, 9.17) is 31.9 Å². The van der Waals surface area contributed by atoms with Gasteiger partial charge in [0.2, 0.25) is 0 Å². The maximum Gasteiger partial charge on any atom is 0.519 e. The van der Waals surface area contributed by atoms with E-state index < -0.39 is 44.7 Å². The van der Waals surface area contributed by atoms with Crippen molar-refractivity contribution >= 4 is 45.9 Å². The minimum atomic E-state index is -1.30. The Kier molecular flexibility index (Phi) is 11.5. The molecule has 0 aliphatic heterocycles. The molecule has 13 nitrogen and oxygen atoms in total. The van der Waals surface area contributed by atoms with E-state index in [1.54, 1.807) is 0 Å². The van der Waals surface area contributed by atoms with Crippen LogP contribution in [0.4, 0.5) is 9.59 Å². The highest BCUT2D eigenvalue weighted by atomic mass is 32.2. The molecule has 1 fully saturated rings. The van der Waals surface area contributed by atoms with E-state index >= 15 is 0 Å². The summed E-state index contributed by atoms with van der Waals surface area (Å²) in [6, 6.07) is 0. The molecule has 1 aliphatic carbocycles. The highest BCUT2D eigenvalue weighted by Crippen LogP contribution is 2.32. The van der Waals surface area contributed by atoms with Gasteiger partial charge in [0.25, 0.3) is 0 Å². The summed E-state index contributed by atoms with van der Waals surface area (Å²) >= 11 is 1.28. The van der Waals surface area contributed by atoms with E-state index in [9.17, 15) is 28.8 Å². The van der Waals surface area contributed by atoms with Crippen molar-refractivity contribution < 1.29 is 51.1 Å². The summed E-state index contributed by atoms with van der Waals surface area (Å²) in [7, 11) is 0. The average molecular weight is 617 g/mol. The summed E-state index contributed by atoms with van der Waals surface area (Å²) in [5.74, 6) is -3.56. The van der Waals surface area contributed by atoms with E-state index in [-0.39, 0.29) is 54.5 Å². The molecule has 0 bridgehead atoms.